The monoisotopic (exact) mass is 433 g/mol. The quantitative estimate of drug-likeness (QED) is 0.638. The van der Waals surface area contributed by atoms with Crippen molar-refractivity contribution in [3.8, 4) is 28.1 Å². The molecule has 2 saturated heterocycles. The van der Waals surface area contributed by atoms with E-state index in [4.69, 9.17) is 0 Å². The predicted molar refractivity (Wildman–Crippen MR) is 123 cm³/mol. The molecule has 2 fully saturated rings. The molecule has 0 unspecified atom stereocenters. The Hall–Kier alpha value is -3.26. The van der Waals surface area contributed by atoms with Crippen molar-refractivity contribution in [3.05, 3.63) is 53.1 Å². The number of anilines is 1. The van der Waals surface area contributed by atoms with Crippen molar-refractivity contribution in [2.45, 2.75) is 12.8 Å². The van der Waals surface area contributed by atoms with Crippen LogP contribution in [0.15, 0.2) is 47.5 Å². The smallest absolute Gasteiger partial charge is 0.250 e. The molecule has 32 heavy (non-hydrogen) atoms. The standard InChI is InChI=1S/C24H28N6O2/c1-28-9-6-18(13-22(28)32)17-4-5-19(21(31)12-17)20-14-25-23(27-26-20)29-15-24(16-29)7-10-30(2,3)11-8-24/h4-6,9,12-14H,7-8,10-11,15-16H2,1-3H3/p+1. The number of quaternary nitrogens is 1. The highest BCUT2D eigenvalue weighted by Gasteiger charge is 2.48. The Morgan fingerprint density at radius 1 is 1.03 bits per heavy atom. The first kappa shape index (κ1) is 20.6. The maximum atomic E-state index is 11.9. The second kappa shape index (κ2) is 7.41. The van der Waals surface area contributed by atoms with Crippen LogP contribution in [0.5, 0.6) is 5.75 Å². The Bertz CT molecular complexity index is 1200. The lowest BCUT2D eigenvalue weighted by Gasteiger charge is -2.54. The number of pyridine rings is 1. The molecule has 1 spiro atoms. The maximum Gasteiger partial charge on any atom is 0.250 e. The third-order valence-corrected chi connectivity index (χ3v) is 7.09. The van der Waals surface area contributed by atoms with E-state index >= 15 is 0 Å². The number of aryl methyl sites for hydroxylation is 1. The minimum Gasteiger partial charge on any atom is -0.507 e. The van der Waals surface area contributed by atoms with E-state index in [1.165, 1.54) is 30.5 Å². The molecule has 0 atom stereocenters. The third-order valence-electron chi connectivity index (χ3n) is 7.09. The van der Waals surface area contributed by atoms with E-state index in [0.717, 1.165) is 28.7 Å². The van der Waals surface area contributed by atoms with Crippen molar-refractivity contribution in [2.75, 3.05) is 45.2 Å². The van der Waals surface area contributed by atoms with Gasteiger partial charge in [-0.3, -0.25) is 4.79 Å². The molecule has 0 amide bonds. The molecule has 1 N–H and O–H groups in total. The molecular weight excluding hydrogens is 404 g/mol. The van der Waals surface area contributed by atoms with Gasteiger partial charge in [0.05, 0.1) is 33.4 Å². The zero-order chi connectivity index (χ0) is 22.5. The third kappa shape index (κ3) is 3.75. The lowest BCUT2D eigenvalue weighted by Crippen LogP contribution is -2.63. The molecule has 4 heterocycles. The molecule has 2 aromatic heterocycles. The second-order valence-electron chi connectivity index (χ2n) is 9.98. The first-order valence-corrected chi connectivity index (χ1v) is 11.0. The minimum absolute atomic E-state index is 0.0814. The average molecular weight is 434 g/mol. The van der Waals surface area contributed by atoms with E-state index in [1.54, 1.807) is 37.6 Å². The summed E-state index contributed by atoms with van der Waals surface area (Å²) in [5.74, 6) is 0.729. The van der Waals surface area contributed by atoms with Crippen LogP contribution in [0.2, 0.25) is 0 Å². The number of benzene rings is 1. The van der Waals surface area contributed by atoms with Crippen molar-refractivity contribution in [2.24, 2.45) is 12.5 Å². The maximum absolute atomic E-state index is 11.9. The summed E-state index contributed by atoms with van der Waals surface area (Å²) < 4.78 is 2.62. The SMILES string of the molecule is Cn1ccc(-c2ccc(-c3cnc(N4CC5(CC[N+](C)(C)CC5)C4)nn3)c(O)c2)cc1=O. The molecule has 2 aliphatic rings. The average Bonchev–Trinajstić information content (AvgIpc) is 2.75. The number of rotatable bonds is 3. The normalized spacial score (nSPS) is 19.0. The summed E-state index contributed by atoms with van der Waals surface area (Å²) in [4.78, 5) is 18.6. The van der Waals surface area contributed by atoms with Gasteiger partial charge in [-0.15, -0.1) is 10.2 Å². The molecule has 5 rings (SSSR count). The first-order chi connectivity index (χ1) is 15.2. The van der Waals surface area contributed by atoms with E-state index in [0.29, 0.717) is 22.6 Å². The fraction of sp³-hybridized carbons (Fsp3) is 0.417. The molecule has 2 aliphatic heterocycles. The number of aromatic hydroxyl groups is 1. The summed E-state index contributed by atoms with van der Waals surface area (Å²) in [5, 5.41) is 19.2. The van der Waals surface area contributed by atoms with Gasteiger partial charge in [-0.05, 0) is 29.3 Å². The van der Waals surface area contributed by atoms with Gasteiger partial charge in [0.2, 0.25) is 5.95 Å². The molecule has 8 heteroatoms. The van der Waals surface area contributed by atoms with E-state index < -0.39 is 0 Å². The Labute approximate surface area is 187 Å². The predicted octanol–water partition coefficient (Wildman–Crippen LogP) is 2.29. The summed E-state index contributed by atoms with van der Waals surface area (Å²) in [6.07, 6.45) is 5.87. The fourth-order valence-corrected chi connectivity index (χ4v) is 4.73. The lowest BCUT2D eigenvalue weighted by molar-refractivity contribution is -0.897. The number of hydrogen-bond acceptors (Lipinski definition) is 6. The fourth-order valence-electron chi connectivity index (χ4n) is 4.73. The lowest BCUT2D eigenvalue weighted by atomic mass is 9.71. The van der Waals surface area contributed by atoms with Crippen LogP contribution in [0.3, 0.4) is 0 Å². The van der Waals surface area contributed by atoms with E-state index in [-0.39, 0.29) is 11.3 Å². The highest BCUT2D eigenvalue weighted by molar-refractivity contribution is 5.73. The van der Waals surface area contributed by atoms with Crippen LogP contribution in [0.1, 0.15) is 12.8 Å². The molecule has 0 bridgehead atoms. The first-order valence-electron chi connectivity index (χ1n) is 11.0. The van der Waals surface area contributed by atoms with Gasteiger partial charge in [0.25, 0.3) is 5.56 Å². The summed E-state index contributed by atoms with van der Waals surface area (Å²) in [6.45, 7) is 4.42. The zero-order valence-corrected chi connectivity index (χ0v) is 18.8. The molecule has 166 valence electrons. The Morgan fingerprint density at radius 3 is 2.38 bits per heavy atom. The Morgan fingerprint density at radius 2 is 1.75 bits per heavy atom. The van der Waals surface area contributed by atoms with Crippen molar-refractivity contribution in [1.29, 1.82) is 0 Å². The van der Waals surface area contributed by atoms with Gasteiger partial charge in [-0.2, -0.15) is 0 Å². The van der Waals surface area contributed by atoms with Gasteiger partial charge in [-0.25, -0.2) is 4.98 Å². The van der Waals surface area contributed by atoms with Crippen LogP contribution in [0.4, 0.5) is 5.95 Å². The Kier molecular flexibility index (Phi) is 4.78. The number of phenolic OH excluding ortho intramolecular Hbond substituents is 1. The number of piperidine rings is 1. The van der Waals surface area contributed by atoms with Crippen LogP contribution >= 0.6 is 0 Å². The van der Waals surface area contributed by atoms with E-state index in [1.807, 2.05) is 12.1 Å². The van der Waals surface area contributed by atoms with Gasteiger partial charge in [-0.1, -0.05) is 6.07 Å². The second-order valence-corrected chi connectivity index (χ2v) is 9.98. The molecular formula is C24H29N6O2+. The number of phenols is 1. The van der Waals surface area contributed by atoms with Crippen LogP contribution in [0.25, 0.3) is 22.4 Å². The highest BCUT2D eigenvalue weighted by Crippen LogP contribution is 2.42. The summed E-state index contributed by atoms with van der Waals surface area (Å²) in [5.41, 5.74) is 2.92. The van der Waals surface area contributed by atoms with Crippen LogP contribution in [-0.4, -0.2) is 69.6 Å². The molecule has 1 aromatic carbocycles. The molecule has 0 radical (unpaired) electrons. The molecule has 0 saturated carbocycles. The number of aromatic nitrogens is 4. The number of nitrogens with zero attached hydrogens (tertiary/aromatic N) is 6. The van der Waals surface area contributed by atoms with Gasteiger partial charge in [0.15, 0.2) is 0 Å². The largest absolute Gasteiger partial charge is 0.507 e. The van der Waals surface area contributed by atoms with Gasteiger partial charge < -0.3 is 19.1 Å². The zero-order valence-electron chi connectivity index (χ0n) is 18.8. The summed E-state index contributed by atoms with van der Waals surface area (Å²) in [7, 11) is 6.31. The van der Waals surface area contributed by atoms with Gasteiger partial charge in [0, 0.05) is 56.2 Å². The van der Waals surface area contributed by atoms with Crippen LogP contribution in [0, 0.1) is 5.41 Å². The summed E-state index contributed by atoms with van der Waals surface area (Å²) >= 11 is 0. The van der Waals surface area contributed by atoms with E-state index in [2.05, 4.69) is 34.2 Å². The minimum atomic E-state index is -0.0968. The van der Waals surface area contributed by atoms with Gasteiger partial charge >= 0.3 is 0 Å². The molecule has 8 nitrogen and oxygen atoms in total. The van der Waals surface area contributed by atoms with Crippen LogP contribution in [-0.2, 0) is 7.05 Å². The molecule has 0 aliphatic carbocycles. The topological polar surface area (TPSA) is 84.1 Å². The van der Waals surface area contributed by atoms with Crippen LogP contribution < -0.4 is 10.5 Å². The van der Waals surface area contributed by atoms with Crippen molar-refractivity contribution in [3.63, 3.8) is 0 Å². The van der Waals surface area contributed by atoms with Gasteiger partial charge in [0.1, 0.15) is 11.4 Å². The van der Waals surface area contributed by atoms with Crippen molar-refractivity contribution < 1.29 is 9.59 Å². The number of hydrogen-bond donors (Lipinski definition) is 1. The van der Waals surface area contributed by atoms with Crippen molar-refractivity contribution >= 4 is 5.95 Å². The summed E-state index contributed by atoms with van der Waals surface area (Å²) in [6, 6.07) is 8.69. The van der Waals surface area contributed by atoms with E-state index in [9.17, 15) is 9.90 Å². The molecule has 3 aromatic rings. The highest BCUT2D eigenvalue weighted by atomic mass is 16.3. The number of likely N-dealkylation sites (tertiary alicyclic amines) is 1. The van der Waals surface area contributed by atoms with Crippen molar-refractivity contribution in [1.82, 2.24) is 19.7 Å². The Balaban J connectivity index is 1.29.